The fourth-order valence-corrected chi connectivity index (χ4v) is 1.52. The summed E-state index contributed by atoms with van der Waals surface area (Å²) >= 11 is 0. The van der Waals surface area contributed by atoms with Crippen molar-refractivity contribution in [2.45, 2.75) is 19.3 Å². The Morgan fingerprint density at radius 1 is 1.22 bits per heavy atom. The number of nitrogens with zero attached hydrogens (tertiary/aromatic N) is 3. The molecule has 92 valence electrons. The van der Waals surface area contributed by atoms with Gasteiger partial charge in [-0.3, -0.25) is 0 Å². The maximum atomic E-state index is 13.0. The third-order valence-electron chi connectivity index (χ3n) is 2.25. The fourth-order valence-electron chi connectivity index (χ4n) is 1.52. The molecule has 18 heavy (non-hydrogen) atoms. The Hall–Kier alpha value is -2.29. The molecule has 0 amide bonds. The lowest BCUT2D eigenvalue weighted by Gasteiger charge is -1.97. The van der Waals surface area contributed by atoms with Gasteiger partial charge in [0, 0.05) is 25.3 Å². The summed E-state index contributed by atoms with van der Waals surface area (Å²) in [6, 6.07) is 5.20. The third kappa shape index (κ3) is 3.10. The lowest BCUT2D eigenvalue weighted by atomic mass is 10.1. The number of aromatic nitrogens is 2. The Bertz CT molecular complexity index is 569. The zero-order valence-corrected chi connectivity index (χ0v) is 9.36. The first-order chi connectivity index (χ1) is 8.67. The summed E-state index contributed by atoms with van der Waals surface area (Å²) < 4.78 is 30.8. The van der Waals surface area contributed by atoms with Crippen molar-refractivity contribution in [1.82, 2.24) is 10.1 Å². The van der Waals surface area contributed by atoms with Crippen LogP contribution >= 0.6 is 0 Å². The SMILES string of the molecule is N#CCCc1nc(Cc2cc(F)cc(F)c2)no1. The van der Waals surface area contributed by atoms with E-state index < -0.39 is 11.6 Å². The molecule has 4 nitrogen and oxygen atoms in total. The zero-order valence-electron chi connectivity index (χ0n) is 9.36. The number of aryl methyl sites for hydroxylation is 1. The number of nitriles is 1. The average molecular weight is 249 g/mol. The van der Waals surface area contributed by atoms with Crippen LogP contribution in [0.25, 0.3) is 0 Å². The first-order valence-electron chi connectivity index (χ1n) is 5.31. The molecule has 6 heteroatoms. The second-order valence-electron chi connectivity index (χ2n) is 3.72. The minimum Gasteiger partial charge on any atom is -0.339 e. The van der Waals surface area contributed by atoms with Crippen molar-refractivity contribution in [3.63, 3.8) is 0 Å². The highest BCUT2D eigenvalue weighted by atomic mass is 19.1. The molecule has 0 atom stereocenters. The normalized spacial score (nSPS) is 10.3. The van der Waals surface area contributed by atoms with Crippen molar-refractivity contribution in [3.05, 3.63) is 47.1 Å². The monoisotopic (exact) mass is 249 g/mol. The molecular weight excluding hydrogens is 240 g/mol. The van der Waals surface area contributed by atoms with E-state index >= 15 is 0 Å². The van der Waals surface area contributed by atoms with Gasteiger partial charge in [-0.25, -0.2) is 8.78 Å². The molecule has 0 aliphatic rings. The van der Waals surface area contributed by atoms with Crippen molar-refractivity contribution in [2.75, 3.05) is 0 Å². The van der Waals surface area contributed by atoms with Crippen LogP contribution < -0.4 is 0 Å². The molecule has 0 saturated carbocycles. The van der Waals surface area contributed by atoms with E-state index in [9.17, 15) is 8.78 Å². The topological polar surface area (TPSA) is 62.7 Å². The van der Waals surface area contributed by atoms with E-state index in [4.69, 9.17) is 9.78 Å². The van der Waals surface area contributed by atoms with Crippen molar-refractivity contribution >= 4 is 0 Å². The molecule has 0 N–H and O–H groups in total. The lowest BCUT2D eigenvalue weighted by molar-refractivity contribution is 0.374. The van der Waals surface area contributed by atoms with Crippen molar-refractivity contribution in [3.8, 4) is 6.07 Å². The first-order valence-corrected chi connectivity index (χ1v) is 5.31. The lowest BCUT2D eigenvalue weighted by Crippen LogP contribution is -1.94. The summed E-state index contributed by atoms with van der Waals surface area (Å²) in [6.45, 7) is 0. The van der Waals surface area contributed by atoms with Crippen LogP contribution in [0.2, 0.25) is 0 Å². The average Bonchev–Trinajstić information content (AvgIpc) is 2.72. The molecule has 1 heterocycles. The minimum atomic E-state index is -0.641. The van der Waals surface area contributed by atoms with Crippen LogP contribution in [-0.2, 0) is 12.8 Å². The standard InChI is InChI=1S/C12H9F2N3O/c13-9-4-8(5-10(14)7-9)6-11-16-12(18-17-11)2-1-3-15/h4-5,7H,1-2,6H2. The second kappa shape index (κ2) is 5.36. The number of benzene rings is 1. The molecule has 1 aromatic heterocycles. The highest BCUT2D eigenvalue weighted by Gasteiger charge is 2.08. The van der Waals surface area contributed by atoms with Gasteiger partial charge in [0.05, 0.1) is 6.07 Å². The zero-order chi connectivity index (χ0) is 13.0. The van der Waals surface area contributed by atoms with E-state index in [1.807, 2.05) is 6.07 Å². The molecule has 0 radical (unpaired) electrons. The van der Waals surface area contributed by atoms with Gasteiger partial charge in [-0.1, -0.05) is 5.16 Å². The highest BCUT2D eigenvalue weighted by Crippen LogP contribution is 2.12. The largest absolute Gasteiger partial charge is 0.339 e. The van der Waals surface area contributed by atoms with Gasteiger partial charge in [-0.15, -0.1) is 0 Å². The first kappa shape index (κ1) is 12.2. The Morgan fingerprint density at radius 2 is 1.94 bits per heavy atom. The summed E-state index contributed by atoms with van der Waals surface area (Å²) in [4.78, 5) is 4.03. The summed E-state index contributed by atoms with van der Waals surface area (Å²) in [5.74, 6) is -0.590. The third-order valence-corrected chi connectivity index (χ3v) is 2.25. The quantitative estimate of drug-likeness (QED) is 0.834. The second-order valence-corrected chi connectivity index (χ2v) is 3.72. The molecule has 0 fully saturated rings. The smallest absolute Gasteiger partial charge is 0.227 e. The van der Waals surface area contributed by atoms with Crippen LogP contribution in [-0.4, -0.2) is 10.1 Å². The Morgan fingerprint density at radius 3 is 2.61 bits per heavy atom. The fraction of sp³-hybridized carbons (Fsp3) is 0.250. The van der Waals surface area contributed by atoms with Gasteiger partial charge in [-0.2, -0.15) is 10.2 Å². The number of halogens is 2. The summed E-state index contributed by atoms with van der Waals surface area (Å²) in [7, 11) is 0. The van der Waals surface area contributed by atoms with Crippen LogP contribution in [0.15, 0.2) is 22.7 Å². The molecule has 0 bridgehead atoms. The van der Waals surface area contributed by atoms with Gasteiger partial charge >= 0.3 is 0 Å². The molecule has 0 aliphatic heterocycles. The predicted octanol–water partition coefficient (Wildman–Crippen LogP) is 2.39. The van der Waals surface area contributed by atoms with E-state index in [-0.39, 0.29) is 12.8 Å². The molecule has 0 unspecified atom stereocenters. The van der Waals surface area contributed by atoms with Gasteiger partial charge in [-0.05, 0) is 17.7 Å². The predicted molar refractivity (Wildman–Crippen MR) is 57.4 cm³/mol. The van der Waals surface area contributed by atoms with Crippen molar-refractivity contribution < 1.29 is 13.3 Å². The van der Waals surface area contributed by atoms with Gasteiger partial charge in [0.25, 0.3) is 0 Å². The highest BCUT2D eigenvalue weighted by molar-refractivity contribution is 5.21. The molecule has 2 aromatic rings. The van der Waals surface area contributed by atoms with Gasteiger partial charge in [0.15, 0.2) is 5.82 Å². The van der Waals surface area contributed by atoms with Crippen molar-refractivity contribution in [1.29, 1.82) is 5.26 Å². The van der Waals surface area contributed by atoms with E-state index in [2.05, 4.69) is 10.1 Å². The summed E-state index contributed by atoms with van der Waals surface area (Å²) in [5.41, 5.74) is 0.431. The molecule has 0 aliphatic carbocycles. The summed E-state index contributed by atoms with van der Waals surface area (Å²) in [6.07, 6.45) is 0.849. The number of hydrogen-bond acceptors (Lipinski definition) is 4. The Labute approximate surface area is 102 Å². The van der Waals surface area contributed by atoms with Gasteiger partial charge in [0.2, 0.25) is 5.89 Å². The number of hydrogen-bond donors (Lipinski definition) is 0. The van der Waals surface area contributed by atoms with E-state index in [1.165, 1.54) is 12.1 Å². The molecule has 2 rings (SSSR count). The molecule has 0 saturated heterocycles. The van der Waals surface area contributed by atoms with Crippen LogP contribution in [0.4, 0.5) is 8.78 Å². The minimum absolute atomic E-state index is 0.185. The molecule has 1 aromatic carbocycles. The maximum Gasteiger partial charge on any atom is 0.227 e. The van der Waals surface area contributed by atoms with E-state index in [0.717, 1.165) is 6.07 Å². The Kier molecular flexibility index (Phi) is 3.63. The van der Waals surface area contributed by atoms with Crippen molar-refractivity contribution in [2.24, 2.45) is 0 Å². The van der Waals surface area contributed by atoms with Crippen LogP contribution in [0.3, 0.4) is 0 Å². The summed E-state index contributed by atoms with van der Waals surface area (Å²) in [5, 5.41) is 12.1. The molecule has 0 spiro atoms. The van der Waals surface area contributed by atoms with Gasteiger partial charge < -0.3 is 4.52 Å². The Balaban J connectivity index is 2.09. The van der Waals surface area contributed by atoms with Crippen LogP contribution in [0.1, 0.15) is 23.7 Å². The molecular formula is C12H9F2N3O. The van der Waals surface area contributed by atoms with E-state index in [0.29, 0.717) is 23.7 Å². The maximum absolute atomic E-state index is 13.0. The van der Waals surface area contributed by atoms with Crippen LogP contribution in [0, 0.1) is 23.0 Å². The number of rotatable bonds is 4. The van der Waals surface area contributed by atoms with E-state index in [1.54, 1.807) is 0 Å². The van der Waals surface area contributed by atoms with Gasteiger partial charge in [0.1, 0.15) is 11.6 Å². The van der Waals surface area contributed by atoms with Crippen LogP contribution in [0.5, 0.6) is 0 Å².